The molecule has 44 valence electrons. The van der Waals surface area contributed by atoms with E-state index in [0.29, 0.717) is 0 Å². The maximum Gasteiger partial charge on any atom is 0.107 e. The van der Waals surface area contributed by atoms with E-state index in [-0.39, 0.29) is 6.04 Å². The first-order valence-corrected chi connectivity index (χ1v) is 3.67. The Hall–Kier alpha value is -0.200. The molecule has 0 aromatic carbocycles. The normalized spacial score (nSPS) is 30.2. The van der Waals surface area contributed by atoms with Gasteiger partial charge < -0.3 is 0 Å². The number of hydrogen-bond donors (Lipinski definition) is 0. The molecule has 1 atom stereocenters. The molecular formula is C5H8N2S. The molecule has 1 aliphatic heterocycles. The van der Waals surface area contributed by atoms with Crippen molar-refractivity contribution >= 4 is 11.8 Å². The van der Waals surface area contributed by atoms with Crippen LogP contribution in [0.15, 0.2) is 0 Å². The fourth-order valence-corrected chi connectivity index (χ4v) is 1.79. The van der Waals surface area contributed by atoms with Gasteiger partial charge in [-0.1, -0.05) is 0 Å². The molecule has 0 spiro atoms. The lowest BCUT2D eigenvalue weighted by Crippen LogP contribution is -2.24. The van der Waals surface area contributed by atoms with E-state index in [2.05, 4.69) is 11.0 Å². The third-order valence-corrected chi connectivity index (χ3v) is 2.39. The summed E-state index contributed by atoms with van der Waals surface area (Å²) in [5, 5.41) is 8.43. The molecule has 1 aliphatic rings. The summed E-state index contributed by atoms with van der Waals surface area (Å²) >= 11 is 1.82. The number of thioether (sulfide) groups is 1. The average Bonchev–Trinajstić information content (AvgIpc) is 2.14. The maximum absolute atomic E-state index is 8.43. The monoisotopic (exact) mass is 128 g/mol. The van der Waals surface area contributed by atoms with Gasteiger partial charge in [0.25, 0.3) is 0 Å². The van der Waals surface area contributed by atoms with Gasteiger partial charge in [-0.2, -0.15) is 5.26 Å². The summed E-state index contributed by atoms with van der Waals surface area (Å²) in [6.45, 7) is 0. The SMILES string of the molecule is CN1CSCC1C#N. The number of nitrogens with zero attached hydrogens (tertiary/aromatic N) is 2. The Morgan fingerprint density at radius 3 is 2.88 bits per heavy atom. The highest BCUT2D eigenvalue weighted by molar-refractivity contribution is 7.99. The van der Waals surface area contributed by atoms with Gasteiger partial charge in [0.1, 0.15) is 6.04 Å². The van der Waals surface area contributed by atoms with Crippen LogP contribution in [0, 0.1) is 11.3 Å². The number of rotatable bonds is 0. The van der Waals surface area contributed by atoms with E-state index in [4.69, 9.17) is 5.26 Å². The molecule has 8 heavy (non-hydrogen) atoms. The largest absolute Gasteiger partial charge is 0.281 e. The zero-order valence-electron chi connectivity index (χ0n) is 4.79. The standard InChI is InChI=1S/C5H8N2S/c1-7-4-8-3-5(7)2-6/h5H,3-4H2,1H3. The lowest BCUT2D eigenvalue weighted by Gasteiger charge is -2.07. The van der Waals surface area contributed by atoms with Crippen molar-refractivity contribution < 1.29 is 0 Å². The first-order chi connectivity index (χ1) is 3.84. The predicted molar refractivity (Wildman–Crippen MR) is 34.5 cm³/mol. The Morgan fingerprint density at radius 2 is 2.62 bits per heavy atom. The summed E-state index contributed by atoms with van der Waals surface area (Å²) in [6.07, 6.45) is 0. The highest BCUT2D eigenvalue weighted by Crippen LogP contribution is 2.16. The van der Waals surface area contributed by atoms with Crippen LogP contribution < -0.4 is 0 Å². The molecule has 0 aromatic rings. The van der Waals surface area contributed by atoms with Crippen LogP contribution in [0.1, 0.15) is 0 Å². The maximum atomic E-state index is 8.43. The van der Waals surface area contributed by atoms with E-state index >= 15 is 0 Å². The van der Waals surface area contributed by atoms with Gasteiger partial charge in [0.05, 0.1) is 6.07 Å². The minimum Gasteiger partial charge on any atom is -0.281 e. The number of nitriles is 1. The van der Waals surface area contributed by atoms with Crippen molar-refractivity contribution in [3.05, 3.63) is 0 Å². The zero-order valence-corrected chi connectivity index (χ0v) is 5.61. The number of hydrogen-bond acceptors (Lipinski definition) is 3. The van der Waals surface area contributed by atoms with Gasteiger partial charge in [-0.25, -0.2) is 0 Å². The van der Waals surface area contributed by atoms with Crippen molar-refractivity contribution in [2.45, 2.75) is 6.04 Å². The van der Waals surface area contributed by atoms with Crippen LogP contribution in [-0.2, 0) is 0 Å². The van der Waals surface area contributed by atoms with Crippen molar-refractivity contribution in [2.24, 2.45) is 0 Å². The Kier molecular flexibility index (Phi) is 1.77. The fraction of sp³-hybridized carbons (Fsp3) is 0.800. The van der Waals surface area contributed by atoms with Crippen molar-refractivity contribution in [1.82, 2.24) is 4.90 Å². The Morgan fingerprint density at radius 1 is 1.88 bits per heavy atom. The van der Waals surface area contributed by atoms with Gasteiger partial charge in [-0.15, -0.1) is 11.8 Å². The summed E-state index contributed by atoms with van der Waals surface area (Å²) in [6, 6.07) is 2.39. The van der Waals surface area contributed by atoms with Crippen LogP contribution >= 0.6 is 11.8 Å². The molecule has 0 N–H and O–H groups in total. The summed E-state index contributed by atoms with van der Waals surface area (Å²) < 4.78 is 0. The first-order valence-electron chi connectivity index (χ1n) is 2.52. The van der Waals surface area contributed by atoms with Gasteiger partial charge in [0.15, 0.2) is 0 Å². The van der Waals surface area contributed by atoms with Gasteiger partial charge in [0, 0.05) is 11.6 Å². The summed E-state index contributed by atoms with van der Waals surface area (Å²) in [5.41, 5.74) is 0. The second-order valence-electron chi connectivity index (χ2n) is 1.90. The quantitative estimate of drug-likeness (QED) is 0.476. The Labute approximate surface area is 53.5 Å². The smallest absolute Gasteiger partial charge is 0.107 e. The minimum atomic E-state index is 0.167. The molecule has 1 rings (SSSR count). The molecule has 0 aromatic heterocycles. The lowest BCUT2D eigenvalue weighted by molar-refractivity contribution is 0.379. The lowest BCUT2D eigenvalue weighted by atomic mass is 10.4. The van der Waals surface area contributed by atoms with Gasteiger partial charge in [-0.05, 0) is 7.05 Å². The van der Waals surface area contributed by atoms with E-state index in [9.17, 15) is 0 Å². The molecule has 0 radical (unpaired) electrons. The van der Waals surface area contributed by atoms with E-state index in [1.165, 1.54) is 0 Å². The molecule has 0 saturated carbocycles. The highest BCUT2D eigenvalue weighted by atomic mass is 32.2. The van der Waals surface area contributed by atoms with Crippen molar-refractivity contribution in [3.8, 4) is 6.07 Å². The minimum absolute atomic E-state index is 0.167. The van der Waals surface area contributed by atoms with E-state index in [1.54, 1.807) is 0 Å². The van der Waals surface area contributed by atoms with Gasteiger partial charge >= 0.3 is 0 Å². The van der Waals surface area contributed by atoms with Gasteiger partial charge in [-0.3, -0.25) is 4.90 Å². The molecule has 3 heteroatoms. The Balaban J connectivity index is 2.45. The summed E-state index contributed by atoms with van der Waals surface area (Å²) in [4.78, 5) is 2.06. The van der Waals surface area contributed by atoms with Crippen LogP contribution in [0.5, 0.6) is 0 Å². The molecule has 1 saturated heterocycles. The third-order valence-electron chi connectivity index (χ3n) is 1.25. The first kappa shape index (κ1) is 5.93. The molecule has 1 heterocycles. The van der Waals surface area contributed by atoms with Crippen LogP contribution in [-0.4, -0.2) is 29.6 Å². The fourth-order valence-electron chi connectivity index (χ4n) is 0.661. The van der Waals surface area contributed by atoms with E-state index < -0.39 is 0 Å². The van der Waals surface area contributed by atoms with E-state index in [0.717, 1.165) is 11.6 Å². The van der Waals surface area contributed by atoms with Crippen LogP contribution in [0.4, 0.5) is 0 Å². The second kappa shape index (κ2) is 2.38. The van der Waals surface area contributed by atoms with Crippen molar-refractivity contribution in [1.29, 1.82) is 5.26 Å². The summed E-state index contributed by atoms with van der Waals surface area (Å²) in [7, 11) is 1.98. The molecule has 1 fully saturated rings. The van der Waals surface area contributed by atoms with Crippen molar-refractivity contribution in [3.63, 3.8) is 0 Å². The zero-order chi connectivity index (χ0) is 5.98. The average molecular weight is 128 g/mol. The second-order valence-corrected chi connectivity index (χ2v) is 2.90. The molecule has 0 amide bonds. The highest BCUT2D eigenvalue weighted by Gasteiger charge is 2.19. The molecular weight excluding hydrogens is 120 g/mol. The molecule has 0 aliphatic carbocycles. The van der Waals surface area contributed by atoms with E-state index in [1.807, 2.05) is 18.8 Å². The van der Waals surface area contributed by atoms with Crippen LogP contribution in [0.2, 0.25) is 0 Å². The third kappa shape index (κ3) is 0.960. The van der Waals surface area contributed by atoms with Crippen LogP contribution in [0.3, 0.4) is 0 Å². The molecule has 1 unspecified atom stereocenters. The molecule has 0 bridgehead atoms. The van der Waals surface area contributed by atoms with Crippen molar-refractivity contribution in [2.75, 3.05) is 18.7 Å². The molecule has 2 nitrogen and oxygen atoms in total. The summed E-state index contributed by atoms with van der Waals surface area (Å²) in [5.74, 6) is 1.99. The predicted octanol–water partition coefficient (Wildman–Crippen LogP) is 0.515. The van der Waals surface area contributed by atoms with Crippen LogP contribution in [0.25, 0.3) is 0 Å². The topological polar surface area (TPSA) is 27.0 Å². The van der Waals surface area contributed by atoms with Gasteiger partial charge in [0.2, 0.25) is 0 Å². The Bertz CT molecular complexity index is 118.